The van der Waals surface area contributed by atoms with Crippen molar-refractivity contribution in [3.63, 3.8) is 0 Å². The number of hydrogen-bond acceptors (Lipinski definition) is 3. The van der Waals surface area contributed by atoms with Crippen molar-refractivity contribution in [2.75, 3.05) is 14.2 Å². The fourth-order valence-corrected chi connectivity index (χ4v) is 1.80. The monoisotopic (exact) mass is 239 g/mol. The van der Waals surface area contributed by atoms with Crippen molar-refractivity contribution in [1.82, 2.24) is 4.98 Å². The molecule has 0 atom stereocenters. The summed E-state index contributed by atoms with van der Waals surface area (Å²) in [6, 6.07) is 5.70. The summed E-state index contributed by atoms with van der Waals surface area (Å²) in [7, 11) is 3.21. The summed E-state index contributed by atoms with van der Waals surface area (Å²) in [5.41, 5.74) is 2.45. The van der Waals surface area contributed by atoms with Gasteiger partial charge in [0.2, 0.25) is 5.69 Å². The number of nitrogens with two attached hydrogens (primary N) is 1. The second-order valence-electron chi connectivity index (χ2n) is 3.27. The van der Waals surface area contributed by atoms with E-state index < -0.39 is 0 Å². The second kappa shape index (κ2) is 4.65. The molecule has 2 aromatic rings. The summed E-state index contributed by atoms with van der Waals surface area (Å²) < 4.78 is 5.27. The Kier molecular flexibility index (Phi) is 3.24. The minimum Gasteiger partial charge on any atom is -0.491 e. The number of quaternary nitrogens is 1. The van der Waals surface area contributed by atoms with Gasteiger partial charge in [-0.15, -0.1) is 0 Å². The summed E-state index contributed by atoms with van der Waals surface area (Å²) in [6.07, 6.45) is 1.67. The molecular weight excluding hydrogens is 228 g/mol. The molecule has 0 saturated carbocycles. The van der Waals surface area contributed by atoms with Crippen molar-refractivity contribution < 1.29 is 15.1 Å². The zero-order valence-corrected chi connectivity index (χ0v) is 9.78. The lowest BCUT2D eigenvalue weighted by molar-refractivity contribution is -0.830. The maximum absolute atomic E-state index is 6.02. The van der Waals surface area contributed by atoms with Crippen molar-refractivity contribution >= 4 is 28.1 Å². The number of benzene rings is 1. The number of aromatic nitrogens is 1. The molecular formula is C11H12ClN2O2+. The largest absolute Gasteiger partial charge is 0.491 e. The standard InChI is InChI=1S/C11H11ClN2O2/c1-15-10-5-7-3-4-13-11(12)8(7)6-9(10)14-16-2/h3-6,14H,1-2H3/p+1. The Hall–Kier alpha value is -1.36. The van der Waals surface area contributed by atoms with Gasteiger partial charge in [-0.25, -0.2) is 9.82 Å². The highest BCUT2D eigenvalue weighted by Crippen LogP contribution is 2.30. The molecule has 5 heteroatoms. The Bertz CT molecular complexity index is 517. The van der Waals surface area contributed by atoms with E-state index >= 15 is 0 Å². The molecule has 0 amide bonds. The molecule has 0 aliphatic rings. The molecule has 16 heavy (non-hydrogen) atoms. The van der Waals surface area contributed by atoms with Gasteiger partial charge < -0.3 is 4.74 Å². The maximum Gasteiger partial charge on any atom is 0.205 e. The van der Waals surface area contributed by atoms with Crippen LogP contribution in [0.2, 0.25) is 5.15 Å². The molecule has 0 aliphatic carbocycles. The van der Waals surface area contributed by atoms with Crippen LogP contribution in [-0.4, -0.2) is 19.2 Å². The predicted octanol–water partition coefficient (Wildman–Crippen LogP) is 1.65. The summed E-state index contributed by atoms with van der Waals surface area (Å²) >= 11 is 6.02. The fourth-order valence-electron chi connectivity index (χ4n) is 1.58. The molecule has 0 fully saturated rings. The van der Waals surface area contributed by atoms with Gasteiger partial charge in [-0.1, -0.05) is 11.6 Å². The van der Waals surface area contributed by atoms with E-state index in [1.807, 2.05) is 18.2 Å². The van der Waals surface area contributed by atoms with E-state index in [0.717, 1.165) is 22.2 Å². The van der Waals surface area contributed by atoms with Crippen LogP contribution in [0.3, 0.4) is 0 Å². The first-order chi connectivity index (χ1) is 7.76. The molecule has 2 rings (SSSR count). The molecule has 1 heterocycles. The van der Waals surface area contributed by atoms with E-state index in [1.54, 1.807) is 25.9 Å². The first kappa shape index (κ1) is 11.1. The SMILES string of the molecule is CO[NH2+]c1cc2c(Cl)nccc2cc1OC. The molecule has 0 aliphatic heterocycles. The van der Waals surface area contributed by atoms with Crippen LogP contribution in [0.25, 0.3) is 10.8 Å². The van der Waals surface area contributed by atoms with Crippen LogP contribution in [0.1, 0.15) is 0 Å². The Morgan fingerprint density at radius 2 is 2.12 bits per heavy atom. The van der Waals surface area contributed by atoms with E-state index in [4.69, 9.17) is 21.2 Å². The molecule has 0 saturated heterocycles. The average Bonchev–Trinajstić information content (AvgIpc) is 2.30. The van der Waals surface area contributed by atoms with Gasteiger partial charge in [-0.3, -0.25) is 0 Å². The topological polar surface area (TPSA) is 48.0 Å². The Labute approximate surface area is 98.1 Å². The minimum absolute atomic E-state index is 0.478. The van der Waals surface area contributed by atoms with Crippen LogP contribution in [-0.2, 0) is 4.84 Å². The Morgan fingerprint density at radius 1 is 1.31 bits per heavy atom. The van der Waals surface area contributed by atoms with Gasteiger partial charge in [-0.05, 0) is 17.5 Å². The molecule has 0 radical (unpaired) electrons. The van der Waals surface area contributed by atoms with Crippen LogP contribution < -0.4 is 10.2 Å². The quantitative estimate of drug-likeness (QED) is 0.503. The lowest BCUT2D eigenvalue weighted by Gasteiger charge is -2.07. The first-order valence-corrected chi connectivity index (χ1v) is 5.12. The summed E-state index contributed by atoms with van der Waals surface area (Å²) in [6.45, 7) is 0. The number of halogens is 1. The van der Waals surface area contributed by atoms with Crippen LogP contribution >= 0.6 is 11.6 Å². The molecule has 0 unspecified atom stereocenters. The lowest BCUT2D eigenvalue weighted by Crippen LogP contribution is -2.76. The Balaban J connectivity index is 2.65. The van der Waals surface area contributed by atoms with Gasteiger partial charge in [-0.2, -0.15) is 5.48 Å². The normalized spacial score (nSPS) is 10.7. The third-order valence-corrected chi connectivity index (χ3v) is 2.61. The summed E-state index contributed by atoms with van der Waals surface area (Å²) in [5.74, 6) is 0.747. The van der Waals surface area contributed by atoms with E-state index in [9.17, 15) is 0 Å². The van der Waals surface area contributed by atoms with Crippen molar-refractivity contribution in [2.24, 2.45) is 0 Å². The number of hydrogen-bond donors (Lipinski definition) is 1. The Morgan fingerprint density at radius 3 is 2.81 bits per heavy atom. The van der Waals surface area contributed by atoms with E-state index in [-0.39, 0.29) is 0 Å². The highest BCUT2D eigenvalue weighted by Gasteiger charge is 2.11. The fraction of sp³-hybridized carbons (Fsp3) is 0.182. The maximum atomic E-state index is 6.02. The molecule has 4 nitrogen and oxygen atoms in total. The number of pyridine rings is 1. The van der Waals surface area contributed by atoms with Gasteiger partial charge in [0, 0.05) is 17.6 Å². The van der Waals surface area contributed by atoms with Crippen LogP contribution in [0.5, 0.6) is 5.75 Å². The van der Waals surface area contributed by atoms with Crippen LogP contribution in [0.4, 0.5) is 5.69 Å². The number of ether oxygens (including phenoxy) is 1. The zero-order chi connectivity index (χ0) is 11.5. The van der Waals surface area contributed by atoms with Gasteiger partial charge in [0.05, 0.1) is 14.2 Å². The molecule has 2 N–H and O–H groups in total. The third kappa shape index (κ3) is 1.95. The number of nitrogens with zero attached hydrogens (tertiary/aromatic N) is 1. The van der Waals surface area contributed by atoms with Crippen LogP contribution in [0, 0.1) is 0 Å². The third-order valence-electron chi connectivity index (χ3n) is 2.31. The van der Waals surface area contributed by atoms with Crippen molar-refractivity contribution in [3.8, 4) is 5.75 Å². The number of fused-ring (bicyclic) bond motifs is 1. The van der Waals surface area contributed by atoms with Crippen molar-refractivity contribution in [1.29, 1.82) is 0 Å². The molecule has 1 aromatic heterocycles. The summed E-state index contributed by atoms with van der Waals surface area (Å²) in [4.78, 5) is 9.02. The average molecular weight is 240 g/mol. The first-order valence-electron chi connectivity index (χ1n) is 4.74. The predicted molar refractivity (Wildman–Crippen MR) is 61.9 cm³/mol. The van der Waals surface area contributed by atoms with Crippen LogP contribution in [0.15, 0.2) is 24.4 Å². The number of rotatable bonds is 3. The summed E-state index contributed by atoms with van der Waals surface area (Å²) in [5, 5.41) is 2.35. The smallest absolute Gasteiger partial charge is 0.205 e. The van der Waals surface area contributed by atoms with Crippen molar-refractivity contribution in [3.05, 3.63) is 29.5 Å². The molecule has 84 valence electrons. The highest BCUT2D eigenvalue weighted by molar-refractivity contribution is 6.34. The highest BCUT2D eigenvalue weighted by atomic mass is 35.5. The van der Waals surface area contributed by atoms with Gasteiger partial charge in [0.25, 0.3) is 0 Å². The molecule has 0 bridgehead atoms. The minimum atomic E-state index is 0.478. The van der Waals surface area contributed by atoms with Crippen molar-refractivity contribution in [2.45, 2.75) is 0 Å². The lowest BCUT2D eigenvalue weighted by atomic mass is 10.1. The van der Waals surface area contributed by atoms with Gasteiger partial charge >= 0.3 is 0 Å². The van der Waals surface area contributed by atoms with E-state index in [2.05, 4.69) is 4.98 Å². The zero-order valence-electron chi connectivity index (χ0n) is 9.03. The second-order valence-corrected chi connectivity index (χ2v) is 3.63. The number of methoxy groups -OCH3 is 1. The molecule has 0 spiro atoms. The molecule has 1 aromatic carbocycles. The van der Waals surface area contributed by atoms with E-state index in [0.29, 0.717) is 5.15 Å². The van der Waals surface area contributed by atoms with Gasteiger partial charge in [0.15, 0.2) is 5.75 Å². The van der Waals surface area contributed by atoms with E-state index in [1.165, 1.54) is 0 Å². The van der Waals surface area contributed by atoms with Gasteiger partial charge in [0.1, 0.15) is 5.15 Å².